The van der Waals surface area contributed by atoms with Gasteiger partial charge in [-0.25, -0.2) is 0 Å². The van der Waals surface area contributed by atoms with Crippen molar-refractivity contribution >= 4 is 5.97 Å². The van der Waals surface area contributed by atoms with E-state index in [1.807, 2.05) is 7.05 Å². The summed E-state index contributed by atoms with van der Waals surface area (Å²) in [5, 5.41) is 11.5. The first-order valence-corrected chi connectivity index (χ1v) is 6.01. The van der Waals surface area contributed by atoms with Crippen molar-refractivity contribution in [3.8, 4) is 0 Å². The zero-order valence-electron chi connectivity index (χ0n) is 10.1. The molecule has 104 valence electrons. The minimum Gasteiger partial charge on any atom is -0.480 e. The molecule has 0 amide bonds. The van der Waals surface area contributed by atoms with E-state index in [4.69, 9.17) is 0 Å². The van der Waals surface area contributed by atoms with Crippen LogP contribution in [0.15, 0.2) is 0 Å². The van der Waals surface area contributed by atoms with Crippen molar-refractivity contribution in [2.45, 2.75) is 49.5 Å². The van der Waals surface area contributed by atoms with Crippen LogP contribution in [0.1, 0.15) is 25.7 Å². The van der Waals surface area contributed by atoms with E-state index in [1.54, 1.807) is 0 Å². The van der Waals surface area contributed by atoms with Gasteiger partial charge in [0.1, 0.15) is 5.54 Å². The Balaban J connectivity index is 2.12. The predicted octanol–water partition coefficient (Wildman–Crippen LogP) is 1.22. The number of carboxylic acid groups (broad SMARTS) is 1. The average molecular weight is 266 g/mol. The van der Waals surface area contributed by atoms with E-state index in [9.17, 15) is 23.1 Å². The van der Waals surface area contributed by atoms with Crippen molar-refractivity contribution < 1.29 is 23.1 Å². The van der Waals surface area contributed by atoms with Crippen LogP contribution in [0.3, 0.4) is 0 Å². The van der Waals surface area contributed by atoms with E-state index < -0.39 is 24.2 Å². The Morgan fingerprint density at radius 2 is 1.89 bits per heavy atom. The van der Waals surface area contributed by atoms with Crippen LogP contribution in [0.2, 0.25) is 0 Å². The fourth-order valence-corrected chi connectivity index (χ4v) is 3.13. The van der Waals surface area contributed by atoms with Crippen molar-refractivity contribution in [2.24, 2.45) is 0 Å². The molecular formula is C11H17F3N2O2. The van der Waals surface area contributed by atoms with Crippen LogP contribution in [0.5, 0.6) is 0 Å². The third kappa shape index (κ3) is 2.47. The number of halogens is 3. The Morgan fingerprint density at radius 1 is 1.39 bits per heavy atom. The van der Waals surface area contributed by atoms with E-state index in [0.717, 1.165) is 12.8 Å². The van der Waals surface area contributed by atoms with Crippen molar-refractivity contribution in [3.05, 3.63) is 0 Å². The summed E-state index contributed by atoms with van der Waals surface area (Å²) >= 11 is 0. The minimum absolute atomic E-state index is 0.0700. The highest BCUT2D eigenvalue weighted by atomic mass is 19.4. The lowest BCUT2D eigenvalue weighted by molar-refractivity contribution is -0.154. The summed E-state index contributed by atoms with van der Waals surface area (Å²) in [6.07, 6.45) is -2.17. The van der Waals surface area contributed by atoms with E-state index in [1.165, 1.54) is 0 Å². The zero-order chi connectivity index (χ0) is 13.6. The van der Waals surface area contributed by atoms with Crippen LogP contribution in [0.4, 0.5) is 13.2 Å². The Kier molecular flexibility index (Phi) is 3.31. The lowest BCUT2D eigenvalue weighted by Crippen LogP contribution is -2.62. The molecule has 2 fully saturated rings. The number of carboxylic acids is 1. The standard InChI is InChI=1S/C11H17F3N2O2/c1-16-7-2-3-8(16)5-10(4-7,9(17)18)15-6-11(12,13)14/h7-8,15H,2-6H2,1H3,(H,17,18). The van der Waals surface area contributed by atoms with Crippen LogP contribution < -0.4 is 5.32 Å². The summed E-state index contributed by atoms with van der Waals surface area (Å²) < 4.78 is 36.8. The molecule has 0 aromatic heterocycles. The smallest absolute Gasteiger partial charge is 0.401 e. The number of nitrogens with zero attached hydrogens (tertiary/aromatic N) is 1. The topological polar surface area (TPSA) is 52.6 Å². The van der Waals surface area contributed by atoms with Gasteiger partial charge >= 0.3 is 12.1 Å². The van der Waals surface area contributed by atoms with Gasteiger partial charge in [-0.05, 0) is 32.7 Å². The van der Waals surface area contributed by atoms with E-state index in [-0.39, 0.29) is 24.9 Å². The van der Waals surface area contributed by atoms with Gasteiger partial charge in [0.05, 0.1) is 6.54 Å². The van der Waals surface area contributed by atoms with E-state index >= 15 is 0 Å². The van der Waals surface area contributed by atoms with Crippen molar-refractivity contribution in [1.29, 1.82) is 0 Å². The van der Waals surface area contributed by atoms with Gasteiger partial charge in [0.15, 0.2) is 0 Å². The van der Waals surface area contributed by atoms with Gasteiger partial charge in [-0.15, -0.1) is 0 Å². The number of piperidine rings is 1. The van der Waals surface area contributed by atoms with Crippen LogP contribution in [-0.2, 0) is 4.79 Å². The highest BCUT2D eigenvalue weighted by Gasteiger charge is 2.52. The monoisotopic (exact) mass is 266 g/mol. The first kappa shape index (κ1) is 13.6. The Morgan fingerprint density at radius 3 is 2.28 bits per heavy atom. The lowest BCUT2D eigenvalue weighted by Gasteiger charge is -2.43. The Labute approximate surface area is 103 Å². The van der Waals surface area contributed by atoms with E-state index in [0.29, 0.717) is 0 Å². The molecule has 2 atom stereocenters. The van der Waals surface area contributed by atoms with Crippen molar-refractivity contribution in [3.63, 3.8) is 0 Å². The second kappa shape index (κ2) is 4.38. The molecule has 2 unspecified atom stereocenters. The first-order chi connectivity index (χ1) is 8.23. The van der Waals surface area contributed by atoms with Crippen molar-refractivity contribution in [1.82, 2.24) is 10.2 Å². The van der Waals surface area contributed by atoms with Gasteiger partial charge in [0.2, 0.25) is 0 Å². The quantitative estimate of drug-likeness (QED) is 0.806. The largest absolute Gasteiger partial charge is 0.480 e. The molecule has 0 radical (unpaired) electrons. The van der Waals surface area contributed by atoms with Crippen LogP contribution in [0.25, 0.3) is 0 Å². The van der Waals surface area contributed by atoms with E-state index in [2.05, 4.69) is 10.2 Å². The SMILES string of the molecule is CN1C2CCC1CC(NCC(F)(F)F)(C(=O)O)C2. The highest BCUT2D eigenvalue weighted by Crippen LogP contribution is 2.40. The molecule has 7 heteroatoms. The molecule has 4 nitrogen and oxygen atoms in total. The van der Waals surface area contributed by atoms with Gasteiger partial charge in [0, 0.05) is 12.1 Å². The normalized spacial score (nSPS) is 36.9. The second-order valence-corrected chi connectivity index (χ2v) is 5.31. The van der Waals surface area contributed by atoms with Crippen LogP contribution >= 0.6 is 0 Å². The molecule has 0 aliphatic carbocycles. The second-order valence-electron chi connectivity index (χ2n) is 5.31. The number of hydrogen-bond acceptors (Lipinski definition) is 3. The maximum absolute atomic E-state index is 12.3. The fraction of sp³-hybridized carbons (Fsp3) is 0.909. The number of hydrogen-bond donors (Lipinski definition) is 2. The molecule has 0 aromatic carbocycles. The molecule has 0 saturated carbocycles. The molecule has 2 N–H and O–H groups in total. The zero-order valence-corrected chi connectivity index (χ0v) is 10.1. The van der Waals surface area contributed by atoms with Crippen LogP contribution in [0, 0.1) is 0 Å². The molecule has 0 spiro atoms. The summed E-state index contributed by atoms with van der Waals surface area (Å²) in [4.78, 5) is 13.5. The molecule has 18 heavy (non-hydrogen) atoms. The Bertz CT molecular complexity index is 332. The number of nitrogens with one attached hydrogen (secondary N) is 1. The van der Waals surface area contributed by atoms with Gasteiger partial charge < -0.3 is 10.0 Å². The predicted molar refractivity (Wildman–Crippen MR) is 58.2 cm³/mol. The lowest BCUT2D eigenvalue weighted by atomic mass is 9.83. The number of alkyl halides is 3. The summed E-state index contributed by atoms with van der Waals surface area (Å²) in [6.45, 7) is -1.25. The van der Waals surface area contributed by atoms with Gasteiger partial charge in [-0.1, -0.05) is 0 Å². The third-order valence-electron chi connectivity index (χ3n) is 4.19. The maximum Gasteiger partial charge on any atom is 0.401 e. The fourth-order valence-electron chi connectivity index (χ4n) is 3.13. The average Bonchev–Trinajstić information content (AvgIpc) is 2.51. The molecule has 2 aliphatic heterocycles. The van der Waals surface area contributed by atoms with Gasteiger partial charge in [-0.3, -0.25) is 10.1 Å². The molecule has 2 bridgehead atoms. The molecule has 2 aliphatic rings. The first-order valence-electron chi connectivity index (χ1n) is 6.01. The number of fused-ring (bicyclic) bond motifs is 2. The molecule has 2 rings (SSSR count). The number of rotatable bonds is 3. The number of carbonyl (C=O) groups is 1. The molecule has 2 saturated heterocycles. The third-order valence-corrected chi connectivity index (χ3v) is 4.19. The molecule has 0 aromatic rings. The van der Waals surface area contributed by atoms with Gasteiger partial charge in [0.25, 0.3) is 0 Å². The molecule has 2 heterocycles. The summed E-state index contributed by atoms with van der Waals surface area (Å²) in [6, 6.07) is 0.140. The summed E-state index contributed by atoms with van der Waals surface area (Å²) in [7, 11) is 1.91. The highest BCUT2D eigenvalue weighted by molar-refractivity contribution is 5.79. The number of aliphatic carboxylic acids is 1. The minimum atomic E-state index is -4.38. The van der Waals surface area contributed by atoms with Crippen LogP contribution in [-0.4, -0.2) is 53.4 Å². The summed E-state index contributed by atoms with van der Waals surface area (Å²) in [5.74, 6) is -1.17. The summed E-state index contributed by atoms with van der Waals surface area (Å²) in [5.41, 5.74) is -1.42. The van der Waals surface area contributed by atoms with Gasteiger partial charge in [-0.2, -0.15) is 13.2 Å². The van der Waals surface area contributed by atoms with Crippen molar-refractivity contribution in [2.75, 3.05) is 13.6 Å². The maximum atomic E-state index is 12.3. The Hall–Kier alpha value is -0.820. The molecular weight excluding hydrogens is 249 g/mol.